The van der Waals surface area contributed by atoms with E-state index in [1.54, 1.807) is 0 Å². The summed E-state index contributed by atoms with van der Waals surface area (Å²) in [6.45, 7) is 8.50. The first-order chi connectivity index (χ1) is 40.1. The molecular weight excluding hydrogens is 999 g/mol. The zero-order valence-corrected chi connectivity index (χ0v) is 45.6. The van der Waals surface area contributed by atoms with Gasteiger partial charge in [0.05, 0.1) is 56.7 Å². The highest BCUT2D eigenvalue weighted by Gasteiger charge is 2.24. The molecule has 14 aromatic rings. The van der Waals surface area contributed by atoms with Crippen LogP contribution in [0.25, 0.3) is 134 Å². The van der Waals surface area contributed by atoms with E-state index in [1.807, 2.05) is 66.7 Å². The average Bonchev–Trinajstić information content (AvgIpc) is 3.34. The van der Waals surface area contributed by atoms with Crippen LogP contribution >= 0.6 is 0 Å². The summed E-state index contributed by atoms with van der Waals surface area (Å²) in [5.74, 6) is 1.20. The van der Waals surface area contributed by atoms with Crippen molar-refractivity contribution >= 4 is 43.6 Å². The lowest BCUT2D eigenvalue weighted by Crippen LogP contribution is -2.06. The van der Waals surface area contributed by atoms with E-state index in [0.29, 0.717) is 39.7 Å². The second-order valence-corrected chi connectivity index (χ2v) is 21.4. The van der Waals surface area contributed by atoms with Crippen molar-refractivity contribution in [2.45, 2.75) is 27.7 Å². The Bertz CT molecular complexity index is 4510. The van der Waals surface area contributed by atoms with Crippen LogP contribution < -0.4 is 0 Å². The Morgan fingerprint density at radius 1 is 0.280 bits per heavy atom. The minimum Gasteiger partial charge on any atom is -0.308 e. The van der Waals surface area contributed by atoms with Gasteiger partial charge in [0.2, 0.25) is 0 Å². The molecule has 82 heavy (non-hydrogen) atoms. The Hall–Kier alpha value is -11.0. The quantitative estimate of drug-likeness (QED) is 0.143. The predicted octanol–water partition coefficient (Wildman–Crippen LogP) is 18.7. The first-order valence-electron chi connectivity index (χ1n) is 27.5. The maximum Gasteiger partial charge on any atom is 0.166 e. The maximum atomic E-state index is 10.7. The SMILES string of the molecule is Cc1cccc(-c2ccc3c(c2)c2cc(-c4cccc(C)c4)ccc2n3-c2ccc(C#N)cc2-c2nc(-c3ccccc3)nc(-c3cc(C#N)ccc3-n3c4ccc(-c5cccc(C)c5)cc4c4cc(-c5cccc(C)c5)ccc43)n2)c1. The number of nitrogens with zero attached hydrogens (tertiary/aromatic N) is 7. The number of nitriles is 2. The lowest BCUT2D eigenvalue weighted by atomic mass is 9.99. The highest BCUT2D eigenvalue weighted by Crippen LogP contribution is 2.43. The number of aromatic nitrogens is 5. The van der Waals surface area contributed by atoms with Gasteiger partial charge < -0.3 is 9.13 Å². The predicted molar refractivity (Wildman–Crippen MR) is 335 cm³/mol. The van der Waals surface area contributed by atoms with Crippen LogP contribution in [-0.2, 0) is 0 Å². The molecule has 0 spiro atoms. The van der Waals surface area contributed by atoms with Crippen LogP contribution in [-0.4, -0.2) is 24.1 Å². The zero-order valence-electron chi connectivity index (χ0n) is 45.6. The van der Waals surface area contributed by atoms with Crippen LogP contribution in [0.3, 0.4) is 0 Å². The van der Waals surface area contributed by atoms with E-state index in [-0.39, 0.29) is 0 Å². The number of aryl methyl sites for hydroxylation is 4. The van der Waals surface area contributed by atoms with Crippen molar-refractivity contribution in [3.05, 3.63) is 270 Å². The van der Waals surface area contributed by atoms with E-state index in [9.17, 15) is 10.5 Å². The summed E-state index contributed by atoms with van der Waals surface area (Å²) in [6, 6.07) is 87.6. The normalized spacial score (nSPS) is 11.4. The molecule has 0 aliphatic rings. The number of fused-ring (bicyclic) bond motifs is 6. The van der Waals surface area contributed by atoms with Crippen molar-refractivity contribution in [3.63, 3.8) is 0 Å². The Balaban J connectivity index is 1.02. The van der Waals surface area contributed by atoms with Crippen LogP contribution in [0.4, 0.5) is 0 Å². The van der Waals surface area contributed by atoms with E-state index in [0.717, 1.165) is 105 Å². The minimum atomic E-state index is 0.375. The van der Waals surface area contributed by atoms with E-state index in [4.69, 9.17) is 15.0 Å². The molecule has 7 nitrogen and oxygen atoms in total. The molecule has 0 radical (unpaired) electrons. The molecule has 3 aromatic heterocycles. The summed E-state index contributed by atoms with van der Waals surface area (Å²) in [6.07, 6.45) is 0. The number of rotatable bonds is 9. The van der Waals surface area contributed by atoms with Gasteiger partial charge in [0.25, 0.3) is 0 Å². The molecule has 0 atom stereocenters. The Labute approximate surface area is 475 Å². The average molecular weight is 1050 g/mol. The van der Waals surface area contributed by atoms with Crippen molar-refractivity contribution in [3.8, 4) is 102 Å². The highest BCUT2D eigenvalue weighted by atomic mass is 15.1. The van der Waals surface area contributed by atoms with Gasteiger partial charge >= 0.3 is 0 Å². The first-order valence-corrected chi connectivity index (χ1v) is 27.5. The third-order valence-electron chi connectivity index (χ3n) is 15.8. The molecule has 0 N–H and O–H groups in total. The third-order valence-corrected chi connectivity index (χ3v) is 15.8. The molecule has 0 saturated carbocycles. The van der Waals surface area contributed by atoms with Crippen molar-refractivity contribution in [1.82, 2.24) is 24.1 Å². The Morgan fingerprint density at radius 3 is 0.902 bits per heavy atom. The van der Waals surface area contributed by atoms with Gasteiger partial charge in [-0.25, -0.2) is 15.0 Å². The van der Waals surface area contributed by atoms with E-state index in [1.165, 1.54) is 22.3 Å². The molecule has 386 valence electrons. The molecule has 14 rings (SSSR count). The number of benzene rings is 11. The fourth-order valence-corrected chi connectivity index (χ4v) is 11.9. The highest BCUT2D eigenvalue weighted by molar-refractivity contribution is 6.13. The lowest BCUT2D eigenvalue weighted by molar-refractivity contribution is 1.06. The second-order valence-electron chi connectivity index (χ2n) is 21.4. The molecular formula is C75H51N7. The standard InChI is InChI=1S/C75H51N7/c1-46-12-8-18-53(34-46)57-24-30-67-61(40-57)62-41-58(54-19-9-13-47(2)35-54)25-31-68(62)81(67)71-28-22-50(44-76)38-65(71)74-78-73(52-16-6-5-7-17-52)79-75(80-74)66-39-51(45-77)23-29-72(66)82-69-32-26-59(55-20-10-14-48(3)36-55)42-63(69)64-43-60(27-33-70(64)82)56-21-11-15-49(4)37-56/h5-43H,1-4H3. The van der Waals surface area contributed by atoms with Gasteiger partial charge in [0, 0.05) is 38.2 Å². The van der Waals surface area contributed by atoms with Crippen LogP contribution in [0, 0.1) is 50.4 Å². The molecule has 0 amide bonds. The number of hydrogen-bond acceptors (Lipinski definition) is 5. The topological polar surface area (TPSA) is 96.1 Å². The monoisotopic (exact) mass is 1050 g/mol. The lowest BCUT2D eigenvalue weighted by Gasteiger charge is -2.17. The zero-order chi connectivity index (χ0) is 55.6. The van der Waals surface area contributed by atoms with E-state index >= 15 is 0 Å². The fraction of sp³-hybridized carbons (Fsp3) is 0.0533. The smallest absolute Gasteiger partial charge is 0.166 e. The van der Waals surface area contributed by atoms with E-state index < -0.39 is 0 Å². The molecule has 0 aliphatic heterocycles. The minimum absolute atomic E-state index is 0.375. The van der Waals surface area contributed by atoms with Crippen LogP contribution in [0.1, 0.15) is 33.4 Å². The van der Waals surface area contributed by atoms with Gasteiger partial charge in [-0.05, 0) is 157 Å². The Kier molecular flexibility index (Phi) is 12.0. The first kappa shape index (κ1) is 49.3. The Morgan fingerprint density at radius 2 is 0.585 bits per heavy atom. The summed E-state index contributed by atoms with van der Waals surface area (Å²) in [7, 11) is 0. The fourth-order valence-electron chi connectivity index (χ4n) is 11.9. The summed E-state index contributed by atoms with van der Waals surface area (Å²) < 4.78 is 4.56. The molecule has 3 heterocycles. The van der Waals surface area contributed by atoms with Crippen molar-refractivity contribution in [2.75, 3.05) is 0 Å². The molecule has 0 unspecified atom stereocenters. The number of hydrogen-bond donors (Lipinski definition) is 0. The van der Waals surface area contributed by atoms with Gasteiger partial charge in [-0.3, -0.25) is 0 Å². The maximum absolute atomic E-state index is 10.7. The summed E-state index contributed by atoms with van der Waals surface area (Å²) in [5.41, 5.74) is 22.3. The van der Waals surface area contributed by atoms with Gasteiger partial charge in [-0.1, -0.05) is 174 Å². The molecule has 11 aromatic carbocycles. The van der Waals surface area contributed by atoms with Gasteiger partial charge in [0.1, 0.15) is 0 Å². The molecule has 0 fully saturated rings. The molecule has 0 saturated heterocycles. The van der Waals surface area contributed by atoms with Crippen LogP contribution in [0.2, 0.25) is 0 Å². The molecule has 7 heteroatoms. The summed E-state index contributed by atoms with van der Waals surface area (Å²) in [4.78, 5) is 16.2. The van der Waals surface area contributed by atoms with Gasteiger partial charge in [0.15, 0.2) is 17.5 Å². The molecule has 0 aliphatic carbocycles. The van der Waals surface area contributed by atoms with Crippen molar-refractivity contribution in [2.24, 2.45) is 0 Å². The van der Waals surface area contributed by atoms with Crippen LogP contribution in [0.15, 0.2) is 237 Å². The van der Waals surface area contributed by atoms with Crippen LogP contribution in [0.5, 0.6) is 0 Å². The summed E-state index contributed by atoms with van der Waals surface area (Å²) >= 11 is 0. The summed E-state index contributed by atoms with van der Waals surface area (Å²) in [5, 5.41) is 25.7. The third kappa shape index (κ3) is 8.75. The molecule has 0 bridgehead atoms. The second kappa shape index (κ2) is 20.0. The largest absolute Gasteiger partial charge is 0.308 e. The van der Waals surface area contributed by atoms with Gasteiger partial charge in [-0.15, -0.1) is 0 Å². The van der Waals surface area contributed by atoms with Crippen molar-refractivity contribution in [1.29, 1.82) is 10.5 Å². The van der Waals surface area contributed by atoms with Crippen molar-refractivity contribution < 1.29 is 0 Å². The van der Waals surface area contributed by atoms with E-state index in [2.05, 4.69) is 219 Å². The van der Waals surface area contributed by atoms with Gasteiger partial charge in [-0.2, -0.15) is 10.5 Å².